The Bertz CT molecular complexity index is 29.8. The van der Waals surface area contributed by atoms with Crippen LogP contribution in [0.15, 0.2) is 0 Å². The average molecular weight is 1160 g/mol. The molecule has 0 rings (SSSR count). The van der Waals surface area contributed by atoms with Crippen molar-refractivity contribution in [3.05, 3.63) is 0 Å². The van der Waals surface area contributed by atoms with Gasteiger partial charge in [0.05, 0.1) is 0 Å². The Balaban J connectivity index is -0.0000000720. The summed E-state index contributed by atoms with van der Waals surface area (Å²) in [6.07, 6.45) is 0. The summed E-state index contributed by atoms with van der Waals surface area (Å²) in [5.74, 6) is 0. The molecule has 0 spiro atoms. The number of halogens is 6. The summed E-state index contributed by atoms with van der Waals surface area (Å²) in [6.45, 7) is 0. The zero-order chi connectivity index (χ0) is 7.15. The van der Waals surface area contributed by atoms with Crippen LogP contribution in [-0.2, 0) is 49.3 Å². The Morgan fingerprint density at radius 3 is 0.889 bits per heavy atom. The van der Waals surface area contributed by atoms with Crippen molar-refractivity contribution in [2.45, 2.75) is 0 Å². The van der Waals surface area contributed by atoms with E-state index in [9.17, 15) is 0 Å². The van der Waals surface area contributed by atoms with E-state index in [1.165, 1.54) is 0 Å². The Hall–Kier alpha value is 6.24. The van der Waals surface area contributed by atoms with Gasteiger partial charge in [0, 0.05) is 25.8 Å². The summed E-state index contributed by atoms with van der Waals surface area (Å²) in [6, 6.07) is 0. The van der Waals surface area contributed by atoms with E-state index in [0.717, 1.165) is 0 Å². The number of hydrogen-bond acceptors (Lipinski definition) is 0. The maximum atomic E-state index is 3.32. The molecule has 0 saturated carbocycles. The molecule has 9 heavy (non-hydrogen) atoms. The van der Waals surface area contributed by atoms with E-state index in [1.807, 2.05) is 0 Å². The van der Waals surface area contributed by atoms with Crippen LogP contribution >= 0.6 is 91.3 Å². The second-order valence-electron chi connectivity index (χ2n) is 0.429. The van der Waals surface area contributed by atoms with Gasteiger partial charge >= 0.3 is 115 Å². The van der Waals surface area contributed by atoms with E-state index in [4.69, 9.17) is 0 Å². The Morgan fingerprint density at radius 1 is 0.889 bits per heavy atom. The van der Waals surface area contributed by atoms with Crippen LogP contribution < -0.4 is 0 Å². The summed E-state index contributed by atoms with van der Waals surface area (Å²) >= 11 is 16.3. The van der Waals surface area contributed by atoms with Crippen LogP contribution in [-0.4, -0.2) is 0 Å². The summed E-state index contributed by atoms with van der Waals surface area (Å²) in [4.78, 5) is 0. The van der Waals surface area contributed by atoms with Crippen molar-refractivity contribution in [2.75, 3.05) is 0 Å². The minimum atomic E-state index is -1.22. The molecule has 0 aliphatic carbocycles. The summed E-state index contributed by atoms with van der Waals surface area (Å²) in [7, 11) is -0.747. The van der Waals surface area contributed by atoms with Gasteiger partial charge in [0.25, 0.3) is 0 Å². The van der Waals surface area contributed by atoms with E-state index >= 15 is 0 Å². The maximum absolute atomic E-state index is 3.32. The fraction of sp³-hybridized carbons (Fsp3) is 0. The quantitative estimate of drug-likeness (QED) is 0.232. The minimum absolute atomic E-state index is 0. The predicted molar refractivity (Wildman–Crippen MR) is 68.8 cm³/mol. The van der Waals surface area contributed by atoms with E-state index in [0.29, 0.717) is 0 Å². The van der Waals surface area contributed by atoms with Crippen molar-refractivity contribution in [1.29, 1.82) is 0 Å². The van der Waals surface area contributed by atoms with Crippen LogP contribution in [0, 0.1) is 0 Å². The third kappa shape index (κ3) is 54.8. The number of rotatable bonds is 0. The van der Waals surface area contributed by atoms with Crippen LogP contribution in [0.25, 0.3) is 0 Å². The fourth-order valence-corrected chi connectivity index (χ4v) is 0. The average Bonchev–Trinajstić information content (AvgIpc) is 1.25. The Kier molecular flexibility index (Phi) is 38.2. The molecule has 54 valence electrons. The molecule has 0 bridgehead atoms. The van der Waals surface area contributed by atoms with Crippen LogP contribution in [0.4, 0.5) is 0 Å². The van der Waals surface area contributed by atoms with Crippen molar-refractivity contribution >= 4 is 91.3 Å². The zero-order valence-electron chi connectivity index (χ0n) is 3.77. The topological polar surface area (TPSA) is 0 Å². The van der Waals surface area contributed by atoms with Gasteiger partial charge in [0.15, 0.2) is 0 Å². The summed E-state index contributed by atoms with van der Waals surface area (Å²) in [5.41, 5.74) is 0. The Labute approximate surface area is 135 Å². The Morgan fingerprint density at radius 2 is 0.889 bits per heavy atom. The molecule has 0 nitrogen and oxygen atoms in total. The first kappa shape index (κ1) is 20.6. The van der Waals surface area contributed by atoms with Crippen molar-refractivity contribution in [3.8, 4) is 0 Å². The normalized spacial score (nSPS) is 6.00. The van der Waals surface area contributed by atoms with Crippen molar-refractivity contribution in [2.24, 2.45) is 0 Å². The van der Waals surface area contributed by atoms with Gasteiger partial charge in [-0.2, -0.15) is 0 Å². The molecule has 0 amide bonds. The van der Waals surface area contributed by atoms with Crippen molar-refractivity contribution < 1.29 is 49.3 Å². The van der Waals surface area contributed by atoms with Gasteiger partial charge in [0.2, 0.25) is 0 Å². The van der Waals surface area contributed by atoms with Gasteiger partial charge in [-0.3, -0.25) is 0 Å². The van der Waals surface area contributed by atoms with Crippen LogP contribution in [0.2, 0.25) is 0 Å². The third-order valence-corrected chi connectivity index (χ3v) is 0. The molecule has 0 aliphatic rings. The predicted octanol–water partition coefficient (Wildman–Crippen LogP) is 5.19. The van der Waals surface area contributed by atoms with Gasteiger partial charge in [0.1, 0.15) is 0 Å². The molecule has 0 fully saturated rings. The summed E-state index contributed by atoms with van der Waals surface area (Å²) in [5, 5.41) is 0. The SMILES string of the molecule is [Br][Hf]([Br])[Br].[Hf].[I][Hf]([I])[I]. The second kappa shape index (κ2) is 16.7. The molecular formula is Br3Hf3I3. The zero-order valence-corrected chi connectivity index (χ0v) is 25.8. The molecule has 9 heteroatoms. The van der Waals surface area contributed by atoms with Crippen molar-refractivity contribution in [1.82, 2.24) is 0 Å². The molecule has 0 radical (unpaired) electrons. The van der Waals surface area contributed by atoms with Gasteiger partial charge < -0.3 is 0 Å². The van der Waals surface area contributed by atoms with Crippen molar-refractivity contribution in [3.63, 3.8) is 0 Å². The first-order valence-electron chi connectivity index (χ1n) is 1.13. The summed E-state index contributed by atoms with van der Waals surface area (Å²) < 4.78 is 0. The molecular weight excluding hydrogens is 1160 g/mol. The van der Waals surface area contributed by atoms with E-state index < -0.39 is 23.4 Å². The molecule has 0 heterocycles. The van der Waals surface area contributed by atoms with Gasteiger partial charge in [-0.05, 0) is 0 Å². The number of hydrogen-bond donors (Lipinski definition) is 0. The molecule has 0 saturated heterocycles. The molecule has 0 aromatic carbocycles. The van der Waals surface area contributed by atoms with Crippen LogP contribution in [0.3, 0.4) is 0 Å². The van der Waals surface area contributed by atoms with E-state index in [-0.39, 0.29) is 25.8 Å². The second-order valence-corrected chi connectivity index (χ2v) is 126. The van der Waals surface area contributed by atoms with Gasteiger partial charge in [-0.15, -0.1) is 0 Å². The standard InChI is InChI=1S/3BrH.3Hf.3HI/h3*1H;;;;3*1H/q;;;;2*+3;;;/p-6. The van der Waals surface area contributed by atoms with E-state index in [2.05, 4.69) is 91.3 Å². The first-order chi connectivity index (χ1) is 3.46. The first-order valence-corrected chi connectivity index (χ1v) is 55.2. The fourth-order valence-electron chi connectivity index (χ4n) is 0. The van der Waals surface area contributed by atoms with Gasteiger partial charge in [-0.1, -0.05) is 0 Å². The monoisotopic (exact) mass is 1160 g/mol. The van der Waals surface area contributed by atoms with Crippen LogP contribution in [0.1, 0.15) is 0 Å². The third-order valence-electron chi connectivity index (χ3n) is 0. The molecule has 0 aliphatic heterocycles. The molecule has 0 unspecified atom stereocenters. The van der Waals surface area contributed by atoms with Crippen LogP contribution in [0.5, 0.6) is 0 Å². The van der Waals surface area contributed by atoms with E-state index in [1.54, 1.807) is 0 Å². The van der Waals surface area contributed by atoms with Gasteiger partial charge in [-0.25, -0.2) is 0 Å². The molecule has 0 N–H and O–H groups in total. The molecule has 0 aromatic heterocycles. The molecule has 0 atom stereocenters. The molecule has 0 aromatic rings.